The van der Waals surface area contributed by atoms with E-state index in [1.54, 1.807) is 11.3 Å². The quantitative estimate of drug-likeness (QED) is 0.172. The second-order valence-corrected chi connectivity index (χ2v) is 11.7. The van der Waals surface area contributed by atoms with Gasteiger partial charge in [0.15, 0.2) is 0 Å². The minimum Gasteiger partial charge on any atom is -0.358 e. The molecule has 7 rings (SSSR count). The average Bonchev–Trinajstić information content (AvgIpc) is 3.75. The highest BCUT2D eigenvalue weighted by Gasteiger charge is 2.15. The number of benzene rings is 3. The van der Waals surface area contributed by atoms with Gasteiger partial charge in [-0.2, -0.15) is 5.10 Å². The molecule has 0 spiro atoms. The molecule has 3 N–H and O–H groups in total. The van der Waals surface area contributed by atoms with E-state index in [4.69, 9.17) is 5.10 Å². The number of aromatic amines is 2. The Hall–Kier alpha value is -5.20. The van der Waals surface area contributed by atoms with Gasteiger partial charge < -0.3 is 10.3 Å². The van der Waals surface area contributed by atoms with Gasteiger partial charge >= 0.3 is 0 Å². The van der Waals surface area contributed by atoms with Crippen molar-refractivity contribution in [3.05, 3.63) is 133 Å². The summed E-state index contributed by atoms with van der Waals surface area (Å²) in [5.41, 5.74) is 11.4. The number of H-pyrrole nitrogens is 2. The molecule has 0 aliphatic carbocycles. The van der Waals surface area contributed by atoms with Crippen molar-refractivity contribution >= 4 is 44.4 Å². The minimum atomic E-state index is 0.753. The van der Waals surface area contributed by atoms with Crippen LogP contribution in [0.2, 0.25) is 0 Å². The van der Waals surface area contributed by atoms with Gasteiger partial charge in [0.1, 0.15) is 5.69 Å². The predicted molar refractivity (Wildman–Crippen MR) is 178 cm³/mol. The number of pyridine rings is 1. The molecular weight excluding hydrogens is 534 g/mol. The zero-order chi connectivity index (χ0) is 28.6. The van der Waals surface area contributed by atoms with Crippen LogP contribution in [-0.4, -0.2) is 20.2 Å². The van der Waals surface area contributed by atoms with E-state index in [0.717, 1.165) is 62.3 Å². The molecule has 5 nitrogen and oxygen atoms in total. The van der Waals surface area contributed by atoms with Gasteiger partial charge in [-0.1, -0.05) is 61.7 Å². The fourth-order valence-corrected chi connectivity index (χ4v) is 6.34. The summed E-state index contributed by atoms with van der Waals surface area (Å²) in [6.07, 6.45) is 4.47. The average molecular weight is 564 g/mol. The number of nitrogens with zero attached hydrogens (tertiary/aromatic N) is 2. The topological polar surface area (TPSA) is 69.4 Å². The Morgan fingerprint density at radius 1 is 0.833 bits per heavy atom. The zero-order valence-corrected chi connectivity index (χ0v) is 24.1. The van der Waals surface area contributed by atoms with E-state index in [2.05, 4.69) is 106 Å². The number of fused-ring (bicyclic) bond motifs is 2. The monoisotopic (exact) mass is 563 g/mol. The molecule has 0 radical (unpaired) electrons. The number of anilines is 1. The van der Waals surface area contributed by atoms with Crippen LogP contribution >= 0.6 is 11.3 Å². The summed E-state index contributed by atoms with van der Waals surface area (Å²) >= 11 is 1.77. The molecule has 0 amide bonds. The number of thiophene rings is 1. The second kappa shape index (κ2) is 10.7. The van der Waals surface area contributed by atoms with E-state index in [-0.39, 0.29) is 0 Å². The largest absolute Gasteiger partial charge is 0.358 e. The summed E-state index contributed by atoms with van der Waals surface area (Å²) in [5, 5.41) is 13.6. The van der Waals surface area contributed by atoms with E-state index in [1.807, 2.05) is 37.5 Å². The van der Waals surface area contributed by atoms with Crippen LogP contribution in [0.5, 0.6) is 0 Å². The maximum atomic E-state index is 4.72. The third kappa shape index (κ3) is 4.93. The molecule has 0 fully saturated rings. The van der Waals surface area contributed by atoms with Crippen LogP contribution < -0.4 is 5.32 Å². The molecule has 4 aromatic heterocycles. The number of hydrogen-bond donors (Lipinski definition) is 3. The summed E-state index contributed by atoms with van der Waals surface area (Å²) in [5.74, 6) is 0. The Morgan fingerprint density at radius 2 is 1.71 bits per heavy atom. The van der Waals surface area contributed by atoms with Crippen molar-refractivity contribution in [2.75, 3.05) is 5.32 Å². The summed E-state index contributed by atoms with van der Waals surface area (Å²) in [6.45, 7) is 10.4. The molecule has 6 heteroatoms. The maximum absolute atomic E-state index is 4.72. The summed E-state index contributed by atoms with van der Waals surface area (Å²) < 4.78 is 0. The number of allylic oxidation sites excluding steroid dienone is 2. The van der Waals surface area contributed by atoms with Crippen LogP contribution in [-0.2, 0) is 6.42 Å². The van der Waals surface area contributed by atoms with Crippen LogP contribution in [0, 0.1) is 0 Å². The molecular formula is C36H29N5S. The molecule has 0 atom stereocenters. The SMILES string of the molecule is C=C(Cc1ccccc1)Nc1cncc(-c2ccc3[nH]nc(-c4cc5c(-c6ccc(C(=C)C)s6)cccc5[nH]4)c3c2)c1. The van der Waals surface area contributed by atoms with E-state index in [0.29, 0.717) is 0 Å². The third-order valence-corrected chi connectivity index (χ3v) is 8.71. The molecule has 0 unspecified atom stereocenters. The highest BCUT2D eigenvalue weighted by molar-refractivity contribution is 7.16. The van der Waals surface area contributed by atoms with E-state index < -0.39 is 0 Å². The molecule has 0 aliphatic rings. The lowest BCUT2D eigenvalue weighted by Gasteiger charge is -2.11. The Labute approximate surface area is 248 Å². The molecule has 204 valence electrons. The van der Waals surface area contributed by atoms with E-state index >= 15 is 0 Å². The van der Waals surface area contributed by atoms with Crippen LogP contribution in [0.1, 0.15) is 17.4 Å². The second-order valence-electron chi connectivity index (χ2n) is 10.6. The standard InChI is InChI=1S/C36H29N5S/c1-22(2)34-14-15-35(42-34)28-10-7-11-31-29(28)19-33(39-31)36-30-18-25(12-13-32(30)40-41-36)26-17-27(21-37-20-26)38-23(3)16-24-8-5-4-6-9-24/h4-15,17-21,38-39H,1,3,16H2,2H3,(H,40,41). The molecule has 0 saturated heterocycles. The Balaban J connectivity index is 1.21. The summed E-state index contributed by atoms with van der Waals surface area (Å²) in [7, 11) is 0. The van der Waals surface area contributed by atoms with Gasteiger partial charge in [-0.3, -0.25) is 10.1 Å². The van der Waals surface area contributed by atoms with Crippen molar-refractivity contribution in [2.45, 2.75) is 13.3 Å². The van der Waals surface area contributed by atoms with Gasteiger partial charge in [0, 0.05) is 55.5 Å². The van der Waals surface area contributed by atoms with Gasteiger partial charge in [-0.15, -0.1) is 11.3 Å². The number of nitrogens with one attached hydrogen (secondary N) is 3. The first-order valence-electron chi connectivity index (χ1n) is 13.8. The van der Waals surface area contributed by atoms with Crippen molar-refractivity contribution < 1.29 is 0 Å². The molecule has 0 bridgehead atoms. The van der Waals surface area contributed by atoms with Gasteiger partial charge in [0.05, 0.1) is 23.1 Å². The predicted octanol–water partition coefficient (Wildman–Crippen LogP) is 9.70. The van der Waals surface area contributed by atoms with Crippen LogP contribution in [0.15, 0.2) is 122 Å². The van der Waals surface area contributed by atoms with Crippen molar-refractivity contribution in [1.29, 1.82) is 0 Å². The van der Waals surface area contributed by atoms with Crippen molar-refractivity contribution in [3.63, 3.8) is 0 Å². The first-order chi connectivity index (χ1) is 20.5. The normalized spacial score (nSPS) is 11.3. The zero-order valence-electron chi connectivity index (χ0n) is 23.2. The molecule has 4 heterocycles. The Bertz CT molecular complexity index is 2090. The first-order valence-corrected chi connectivity index (χ1v) is 14.6. The van der Waals surface area contributed by atoms with E-state index in [1.165, 1.54) is 26.3 Å². The molecule has 3 aromatic carbocycles. The summed E-state index contributed by atoms with van der Waals surface area (Å²) in [4.78, 5) is 10.6. The lowest BCUT2D eigenvalue weighted by molar-refractivity contribution is 1.12. The molecule has 0 aliphatic heterocycles. The molecule has 0 saturated carbocycles. The van der Waals surface area contributed by atoms with E-state index in [9.17, 15) is 0 Å². The Morgan fingerprint density at radius 3 is 2.55 bits per heavy atom. The van der Waals surface area contributed by atoms with Gasteiger partial charge in [0.25, 0.3) is 0 Å². The highest BCUT2D eigenvalue weighted by atomic mass is 32.1. The van der Waals surface area contributed by atoms with Gasteiger partial charge in [-0.25, -0.2) is 0 Å². The first kappa shape index (κ1) is 25.7. The van der Waals surface area contributed by atoms with Crippen LogP contribution in [0.25, 0.3) is 60.3 Å². The summed E-state index contributed by atoms with van der Waals surface area (Å²) in [6, 6.07) is 31.7. The molecule has 7 aromatic rings. The fraction of sp³-hybridized carbons (Fsp3) is 0.0556. The number of aromatic nitrogens is 4. The smallest absolute Gasteiger partial charge is 0.116 e. The molecule has 42 heavy (non-hydrogen) atoms. The maximum Gasteiger partial charge on any atom is 0.116 e. The third-order valence-electron chi connectivity index (χ3n) is 7.43. The number of hydrogen-bond acceptors (Lipinski definition) is 4. The van der Waals surface area contributed by atoms with Crippen LogP contribution in [0.3, 0.4) is 0 Å². The fourth-order valence-electron chi connectivity index (χ4n) is 5.37. The van der Waals surface area contributed by atoms with Gasteiger partial charge in [-0.05, 0) is 66.1 Å². The van der Waals surface area contributed by atoms with Crippen molar-refractivity contribution in [3.8, 4) is 33.0 Å². The Kier molecular flexibility index (Phi) is 6.53. The van der Waals surface area contributed by atoms with Crippen LogP contribution in [0.4, 0.5) is 5.69 Å². The number of rotatable bonds is 8. The van der Waals surface area contributed by atoms with Crippen molar-refractivity contribution in [2.24, 2.45) is 0 Å². The van der Waals surface area contributed by atoms with Gasteiger partial charge in [0.2, 0.25) is 0 Å². The lowest BCUT2D eigenvalue weighted by atomic mass is 10.0. The van der Waals surface area contributed by atoms with Crippen molar-refractivity contribution in [1.82, 2.24) is 20.2 Å². The lowest BCUT2D eigenvalue weighted by Crippen LogP contribution is -2.02. The minimum absolute atomic E-state index is 0.753. The highest BCUT2D eigenvalue weighted by Crippen LogP contribution is 2.38.